The lowest BCUT2D eigenvalue weighted by Gasteiger charge is -2.29. The molecule has 2 heterocycles. The Labute approximate surface area is 171 Å². The van der Waals surface area contributed by atoms with Crippen LogP contribution < -0.4 is 15.4 Å². The van der Waals surface area contributed by atoms with Crippen molar-refractivity contribution in [2.75, 3.05) is 0 Å². The largest absolute Gasteiger partial charge is 0.489 e. The maximum atomic E-state index is 12.6. The summed E-state index contributed by atoms with van der Waals surface area (Å²) < 4.78 is 5.82. The number of piperidine rings is 1. The summed E-state index contributed by atoms with van der Waals surface area (Å²) in [5.41, 5.74) is 1.64. The number of fused-ring (bicyclic) bond motifs is 2. The van der Waals surface area contributed by atoms with Crippen LogP contribution in [0.15, 0.2) is 48.5 Å². The second-order valence-corrected chi connectivity index (χ2v) is 7.66. The minimum Gasteiger partial charge on any atom is -0.489 e. The van der Waals surface area contributed by atoms with Crippen LogP contribution in [0.25, 0.3) is 0 Å². The normalized spacial score (nSPS) is 23.4. The Morgan fingerprint density at radius 1 is 1.11 bits per heavy atom. The summed E-state index contributed by atoms with van der Waals surface area (Å²) >= 11 is 6.00. The first-order chi connectivity index (χ1) is 12.7. The summed E-state index contributed by atoms with van der Waals surface area (Å²) in [6.07, 6.45) is 4.49. The number of carbonyl (C=O) groups is 1. The first-order valence-electron chi connectivity index (χ1n) is 9.20. The molecular weight excluding hydrogens is 383 g/mol. The standard InChI is InChI=1S/C21H23ClN2O2.ClH/c22-16-5-1-3-14(9-16)13-26-20-6-2-4-15(10-20)21(25)24-19-11-17-7-8-18(12-19)23-17;/h1-6,9-10,17-19,23H,7-8,11-13H2,(H,24,25);1H. The number of nitrogens with one attached hydrogen (secondary N) is 2. The molecule has 0 aliphatic carbocycles. The summed E-state index contributed by atoms with van der Waals surface area (Å²) in [5.74, 6) is 0.660. The molecule has 4 nitrogen and oxygen atoms in total. The van der Waals surface area contributed by atoms with Crippen molar-refractivity contribution in [1.82, 2.24) is 10.6 Å². The van der Waals surface area contributed by atoms with Gasteiger partial charge in [-0.05, 0) is 61.6 Å². The number of hydrogen-bond acceptors (Lipinski definition) is 3. The number of benzene rings is 2. The van der Waals surface area contributed by atoms with Crippen LogP contribution in [0.5, 0.6) is 5.75 Å². The molecule has 2 fully saturated rings. The number of carbonyl (C=O) groups excluding carboxylic acids is 1. The predicted octanol–water partition coefficient (Wildman–Crippen LogP) is 4.35. The summed E-state index contributed by atoms with van der Waals surface area (Å²) in [5, 5.41) is 7.48. The molecule has 2 saturated heterocycles. The molecule has 6 heteroatoms. The SMILES string of the molecule is Cl.O=C(NC1CC2CCC(C1)N2)c1cccc(OCc2cccc(Cl)c2)c1. The fourth-order valence-corrected chi connectivity index (χ4v) is 4.18. The van der Waals surface area contributed by atoms with Gasteiger partial charge in [0.05, 0.1) is 0 Å². The molecule has 2 bridgehead atoms. The van der Waals surface area contributed by atoms with E-state index >= 15 is 0 Å². The van der Waals surface area contributed by atoms with Gasteiger partial charge >= 0.3 is 0 Å². The third kappa shape index (κ3) is 5.16. The second-order valence-electron chi connectivity index (χ2n) is 7.23. The molecule has 2 aliphatic heterocycles. The fourth-order valence-electron chi connectivity index (χ4n) is 3.96. The van der Waals surface area contributed by atoms with Crippen LogP contribution >= 0.6 is 24.0 Å². The van der Waals surface area contributed by atoms with Crippen LogP contribution in [0.4, 0.5) is 0 Å². The van der Waals surface area contributed by atoms with Crippen molar-refractivity contribution in [3.63, 3.8) is 0 Å². The number of halogens is 2. The lowest BCUT2D eigenvalue weighted by atomic mass is 9.99. The van der Waals surface area contributed by atoms with Crippen LogP contribution in [-0.4, -0.2) is 24.0 Å². The summed E-state index contributed by atoms with van der Waals surface area (Å²) in [4.78, 5) is 12.6. The first-order valence-corrected chi connectivity index (χ1v) is 9.58. The Hall–Kier alpha value is -1.75. The zero-order chi connectivity index (χ0) is 17.9. The monoisotopic (exact) mass is 406 g/mol. The molecule has 0 aromatic heterocycles. The molecule has 0 radical (unpaired) electrons. The van der Waals surface area contributed by atoms with Gasteiger partial charge in [-0.3, -0.25) is 4.79 Å². The lowest BCUT2D eigenvalue weighted by molar-refractivity contribution is 0.0923. The zero-order valence-electron chi connectivity index (χ0n) is 15.0. The Kier molecular flexibility index (Phi) is 6.64. The van der Waals surface area contributed by atoms with Gasteiger partial charge in [-0.15, -0.1) is 12.4 Å². The van der Waals surface area contributed by atoms with Crippen molar-refractivity contribution in [3.05, 3.63) is 64.7 Å². The van der Waals surface area contributed by atoms with Crippen molar-refractivity contribution in [1.29, 1.82) is 0 Å². The van der Waals surface area contributed by atoms with E-state index in [2.05, 4.69) is 10.6 Å². The number of hydrogen-bond donors (Lipinski definition) is 2. The maximum absolute atomic E-state index is 12.6. The Morgan fingerprint density at radius 2 is 1.85 bits per heavy atom. The van der Waals surface area contributed by atoms with Gasteiger partial charge in [0.1, 0.15) is 12.4 Å². The molecule has 27 heavy (non-hydrogen) atoms. The van der Waals surface area contributed by atoms with Gasteiger partial charge in [-0.2, -0.15) is 0 Å². The van der Waals surface area contributed by atoms with E-state index in [4.69, 9.17) is 16.3 Å². The van der Waals surface area contributed by atoms with Crippen molar-refractivity contribution in [3.8, 4) is 5.75 Å². The molecule has 0 saturated carbocycles. The van der Waals surface area contributed by atoms with E-state index in [1.54, 1.807) is 6.07 Å². The van der Waals surface area contributed by atoms with Crippen LogP contribution in [0.3, 0.4) is 0 Å². The molecule has 1 amide bonds. The molecule has 144 valence electrons. The van der Waals surface area contributed by atoms with Crippen LogP contribution in [0.1, 0.15) is 41.6 Å². The molecule has 0 spiro atoms. The maximum Gasteiger partial charge on any atom is 0.251 e. The van der Waals surface area contributed by atoms with E-state index in [0.717, 1.165) is 18.4 Å². The molecule has 2 atom stereocenters. The second kappa shape index (κ2) is 8.96. The highest BCUT2D eigenvalue weighted by Crippen LogP contribution is 2.27. The van der Waals surface area contributed by atoms with E-state index < -0.39 is 0 Å². The average molecular weight is 407 g/mol. The highest BCUT2D eigenvalue weighted by atomic mass is 35.5. The summed E-state index contributed by atoms with van der Waals surface area (Å²) in [6.45, 7) is 0.420. The van der Waals surface area contributed by atoms with E-state index in [9.17, 15) is 4.79 Å². The van der Waals surface area contributed by atoms with Gasteiger partial charge in [0.2, 0.25) is 0 Å². The van der Waals surface area contributed by atoms with Crippen LogP contribution in [-0.2, 0) is 6.61 Å². The highest BCUT2D eigenvalue weighted by molar-refractivity contribution is 6.30. The molecular formula is C21H24Cl2N2O2. The van der Waals surface area contributed by atoms with Crippen molar-refractivity contribution < 1.29 is 9.53 Å². The molecule has 4 rings (SSSR count). The van der Waals surface area contributed by atoms with Gasteiger partial charge in [-0.1, -0.05) is 29.8 Å². The molecule has 2 N–H and O–H groups in total. The number of ether oxygens (including phenoxy) is 1. The smallest absolute Gasteiger partial charge is 0.251 e. The average Bonchev–Trinajstić information content (AvgIpc) is 2.98. The quantitative estimate of drug-likeness (QED) is 0.775. The van der Waals surface area contributed by atoms with Crippen molar-refractivity contribution >= 4 is 29.9 Å². The van der Waals surface area contributed by atoms with E-state index in [-0.39, 0.29) is 24.4 Å². The van der Waals surface area contributed by atoms with E-state index in [1.165, 1.54) is 12.8 Å². The zero-order valence-corrected chi connectivity index (χ0v) is 16.6. The van der Waals surface area contributed by atoms with Crippen LogP contribution in [0, 0.1) is 0 Å². The van der Waals surface area contributed by atoms with Gasteiger partial charge < -0.3 is 15.4 Å². The van der Waals surface area contributed by atoms with Gasteiger partial charge in [0.25, 0.3) is 5.91 Å². The molecule has 2 aliphatic rings. The molecule has 2 unspecified atom stereocenters. The first kappa shape index (κ1) is 20.0. The Bertz CT molecular complexity index is 787. The Morgan fingerprint density at radius 3 is 2.59 bits per heavy atom. The predicted molar refractivity (Wildman–Crippen MR) is 110 cm³/mol. The van der Waals surface area contributed by atoms with E-state index in [0.29, 0.717) is 35.0 Å². The lowest BCUT2D eigenvalue weighted by Crippen LogP contribution is -2.48. The number of rotatable bonds is 5. The molecule has 2 aromatic carbocycles. The third-order valence-electron chi connectivity index (χ3n) is 5.20. The van der Waals surface area contributed by atoms with E-state index in [1.807, 2.05) is 42.5 Å². The van der Waals surface area contributed by atoms with Gasteiger partial charge in [-0.25, -0.2) is 0 Å². The summed E-state index contributed by atoms with van der Waals surface area (Å²) in [7, 11) is 0. The summed E-state index contributed by atoms with van der Waals surface area (Å²) in [6, 6.07) is 16.3. The molecule has 2 aromatic rings. The third-order valence-corrected chi connectivity index (χ3v) is 5.43. The van der Waals surface area contributed by atoms with Crippen LogP contribution in [0.2, 0.25) is 5.02 Å². The highest BCUT2D eigenvalue weighted by Gasteiger charge is 2.34. The fraction of sp³-hybridized carbons (Fsp3) is 0.381. The number of amides is 1. The van der Waals surface area contributed by atoms with Gasteiger partial charge in [0, 0.05) is 28.7 Å². The van der Waals surface area contributed by atoms with Crippen molar-refractivity contribution in [2.24, 2.45) is 0 Å². The minimum atomic E-state index is -0.0236. The topological polar surface area (TPSA) is 50.4 Å². The van der Waals surface area contributed by atoms with Gasteiger partial charge in [0.15, 0.2) is 0 Å². The van der Waals surface area contributed by atoms with Crippen molar-refractivity contribution in [2.45, 2.75) is 50.4 Å². The minimum absolute atomic E-state index is 0. The Balaban J connectivity index is 0.00000210.